The average molecular weight is 625 g/mol. The average Bonchev–Trinajstić information content (AvgIpc) is 3.35. The minimum atomic E-state index is -3.69. The number of hydrogen-bond donors (Lipinski definition) is 1. The minimum absolute atomic E-state index is 0.118. The van der Waals surface area contributed by atoms with Crippen LogP contribution in [0.4, 0.5) is 17.1 Å². The Labute approximate surface area is 264 Å². The molecule has 0 radical (unpaired) electrons. The van der Waals surface area contributed by atoms with Gasteiger partial charge in [0.1, 0.15) is 5.92 Å². The van der Waals surface area contributed by atoms with Gasteiger partial charge in [-0.2, -0.15) is 0 Å². The topological polar surface area (TPSA) is 108 Å². The van der Waals surface area contributed by atoms with Gasteiger partial charge in [-0.15, -0.1) is 0 Å². The number of likely N-dealkylation sites (N-methyl/N-ethyl adjacent to an activating group) is 1. The van der Waals surface area contributed by atoms with Crippen molar-refractivity contribution in [3.63, 3.8) is 0 Å². The molecule has 4 aromatic carbocycles. The second-order valence-corrected chi connectivity index (χ2v) is 12.8. The van der Waals surface area contributed by atoms with Gasteiger partial charge < -0.3 is 15.0 Å². The number of ether oxygens (including phenoxy) is 1. The summed E-state index contributed by atoms with van der Waals surface area (Å²) in [4.78, 5) is 32.6. The number of rotatable bonds is 12. The zero-order chi connectivity index (χ0) is 32.0. The summed E-state index contributed by atoms with van der Waals surface area (Å²) in [5.74, 6) is -1.55. The van der Waals surface area contributed by atoms with Gasteiger partial charge in [-0.3, -0.25) is 14.1 Å². The third-order valence-electron chi connectivity index (χ3n) is 7.40. The smallest absolute Gasteiger partial charge is 0.338 e. The Kier molecular flexibility index (Phi) is 9.75. The first-order chi connectivity index (χ1) is 21.7. The van der Waals surface area contributed by atoms with Gasteiger partial charge >= 0.3 is 5.97 Å². The van der Waals surface area contributed by atoms with Crippen LogP contribution in [-0.4, -0.2) is 64.7 Å². The summed E-state index contributed by atoms with van der Waals surface area (Å²) in [6.45, 7) is 2.82. The number of fused-ring (bicyclic) bond motifs is 1. The zero-order valence-corrected chi connectivity index (χ0v) is 26.3. The molecule has 5 rings (SSSR count). The Morgan fingerprint density at radius 2 is 1.53 bits per heavy atom. The predicted molar refractivity (Wildman–Crippen MR) is 178 cm³/mol. The molecule has 1 aliphatic rings. The molecular formula is C35H36N4O5S. The number of nitrogens with zero attached hydrogens (tertiary/aromatic N) is 3. The molecule has 1 amide bonds. The van der Waals surface area contributed by atoms with Crippen LogP contribution in [0.2, 0.25) is 0 Å². The van der Waals surface area contributed by atoms with E-state index in [1.807, 2.05) is 67.5 Å². The minimum Gasteiger partial charge on any atom is -0.462 e. The number of nitrogens with one attached hydrogen (secondary N) is 1. The molecule has 1 atom stereocenters. The van der Waals surface area contributed by atoms with Gasteiger partial charge in [-0.1, -0.05) is 66.7 Å². The Morgan fingerprint density at radius 1 is 0.867 bits per heavy atom. The molecule has 0 saturated heterocycles. The molecule has 10 heteroatoms. The van der Waals surface area contributed by atoms with E-state index in [9.17, 15) is 18.0 Å². The lowest BCUT2D eigenvalue weighted by Gasteiger charge is -2.26. The molecule has 1 heterocycles. The van der Waals surface area contributed by atoms with E-state index in [1.165, 1.54) is 4.31 Å². The fraction of sp³-hybridized carbons (Fsp3) is 0.229. The van der Waals surface area contributed by atoms with Crippen molar-refractivity contribution in [1.82, 2.24) is 4.90 Å². The number of sulfonamides is 1. The highest BCUT2D eigenvalue weighted by molar-refractivity contribution is 7.92. The predicted octanol–water partition coefficient (Wildman–Crippen LogP) is 5.62. The molecule has 1 unspecified atom stereocenters. The van der Waals surface area contributed by atoms with Crippen molar-refractivity contribution in [2.75, 3.05) is 43.4 Å². The summed E-state index contributed by atoms with van der Waals surface area (Å²) in [7, 11) is 0.120. The van der Waals surface area contributed by atoms with Gasteiger partial charge in [0.2, 0.25) is 15.9 Å². The van der Waals surface area contributed by atoms with E-state index < -0.39 is 21.9 Å². The van der Waals surface area contributed by atoms with Gasteiger partial charge in [0.25, 0.3) is 0 Å². The Balaban J connectivity index is 1.50. The first-order valence-electron chi connectivity index (χ1n) is 14.7. The van der Waals surface area contributed by atoms with Gasteiger partial charge in [0.15, 0.2) is 0 Å². The Hall–Kier alpha value is -4.80. The number of hydrogen-bond acceptors (Lipinski definition) is 7. The normalized spacial score (nSPS) is 14.6. The van der Waals surface area contributed by atoms with E-state index in [-0.39, 0.29) is 24.8 Å². The first-order valence-corrected chi connectivity index (χ1v) is 16.3. The second-order valence-electron chi connectivity index (χ2n) is 10.9. The quantitative estimate of drug-likeness (QED) is 0.162. The summed E-state index contributed by atoms with van der Waals surface area (Å²) in [6, 6.07) is 30.6. The summed E-state index contributed by atoms with van der Waals surface area (Å²) in [6.07, 6.45) is 0. The lowest BCUT2D eigenvalue weighted by atomic mass is 9.90. The molecule has 1 N–H and O–H groups in total. The van der Waals surface area contributed by atoms with E-state index in [0.29, 0.717) is 46.0 Å². The summed E-state index contributed by atoms with van der Waals surface area (Å²) < 4.78 is 33.8. The summed E-state index contributed by atoms with van der Waals surface area (Å²) in [5, 5.41) is 2.90. The van der Waals surface area contributed by atoms with Gasteiger partial charge in [0, 0.05) is 18.8 Å². The number of aliphatic imine (C=N–C) groups is 1. The van der Waals surface area contributed by atoms with Crippen LogP contribution in [0.5, 0.6) is 0 Å². The molecule has 0 aliphatic carbocycles. The molecule has 232 valence electrons. The lowest BCUT2D eigenvalue weighted by Crippen LogP contribution is -2.37. The van der Waals surface area contributed by atoms with E-state index in [4.69, 9.17) is 9.73 Å². The van der Waals surface area contributed by atoms with Crippen molar-refractivity contribution in [3.8, 4) is 0 Å². The number of benzene rings is 4. The second kappa shape index (κ2) is 13.9. The fourth-order valence-electron chi connectivity index (χ4n) is 5.19. The number of amides is 1. The van der Waals surface area contributed by atoms with E-state index in [0.717, 1.165) is 5.56 Å². The standard InChI is InChI=1S/C35H36N4O5S/c1-4-44-35(41)27-15-20-30-31(23-27)37-34(40)32(30)33(26-13-9-6-10-14-26)36-28-16-18-29(19-17-28)39(22-21-38(2)3)45(42,43)24-25-11-7-5-8-12-25/h5-20,23,32H,4,21-22,24H2,1-3H3,(H,37,40). The molecule has 0 spiro atoms. The molecule has 45 heavy (non-hydrogen) atoms. The van der Waals surface area contributed by atoms with Gasteiger partial charge in [0.05, 0.1) is 35.0 Å². The number of carbonyl (C=O) groups is 2. The van der Waals surface area contributed by atoms with Crippen molar-refractivity contribution in [1.29, 1.82) is 0 Å². The number of esters is 1. The molecule has 0 saturated carbocycles. The summed E-state index contributed by atoms with van der Waals surface area (Å²) >= 11 is 0. The van der Waals surface area contributed by atoms with Crippen LogP contribution in [-0.2, 0) is 25.3 Å². The fourth-order valence-corrected chi connectivity index (χ4v) is 6.77. The number of anilines is 2. The Morgan fingerprint density at radius 3 is 2.18 bits per heavy atom. The van der Waals surface area contributed by atoms with Crippen molar-refractivity contribution >= 4 is 44.7 Å². The van der Waals surface area contributed by atoms with Crippen molar-refractivity contribution in [3.05, 3.63) is 125 Å². The Bertz CT molecular complexity index is 1790. The highest BCUT2D eigenvalue weighted by atomic mass is 32.2. The molecule has 1 aliphatic heterocycles. The highest BCUT2D eigenvalue weighted by Gasteiger charge is 2.36. The lowest BCUT2D eigenvalue weighted by molar-refractivity contribution is -0.115. The van der Waals surface area contributed by atoms with Gasteiger partial charge in [-0.05, 0) is 74.1 Å². The largest absolute Gasteiger partial charge is 0.462 e. The van der Waals surface area contributed by atoms with Crippen LogP contribution in [0.3, 0.4) is 0 Å². The van der Waals surface area contributed by atoms with Crippen molar-refractivity contribution in [2.45, 2.75) is 18.6 Å². The van der Waals surface area contributed by atoms with E-state index in [1.54, 1.807) is 61.5 Å². The molecule has 4 aromatic rings. The maximum absolute atomic E-state index is 13.6. The van der Waals surface area contributed by atoms with Crippen LogP contribution in [0.15, 0.2) is 108 Å². The molecule has 9 nitrogen and oxygen atoms in total. The van der Waals surface area contributed by atoms with Crippen LogP contribution in [0, 0.1) is 0 Å². The molecule has 0 bridgehead atoms. The molecule has 0 fully saturated rings. The highest BCUT2D eigenvalue weighted by Crippen LogP contribution is 2.37. The molecular weight excluding hydrogens is 588 g/mol. The maximum Gasteiger partial charge on any atom is 0.338 e. The monoisotopic (exact) mass is 624 g/mol. The SMILES string of the molecule is CCOC(=O)c1ccc2c(c1)NC(=O)C2C(=Nc1ccc(N(CCN(C)C)S(=O)(=O)Cc2ccccc2)cc1)c1ccccc1. The number of carbonyl (C=O) groups excluding carboxylic acids is 2. The zero-order valence-electron chi connectivity index (χ0n) is 25.5. The first kappa shape index (κ1) is 31.6. The van der Waals surface area contributed by atoms with Crippen molar-refractivity contribution in [2.24, 2.45) is 4.99 Å². The third kappa shape index (κ3) is 7.47. The van der Waals surface area contributed by atoms with Crippen LogP contribution in [0.25, 0.3) is 0 Å². The van der Waals surface area contributed by atoms with Crippen LogP contribution in [0.1, 0.15) is 39.9 Å². The van der Waals surface area contributed by atoms with E-state index >= 15 is 0 Å². The van der Waals surface area contributed by atoms with Crippen molar-refractivity contribution < 1.29 is 22.7 Å². The van der Waals surface area contributed by atoms with Crippen LogP contribution < -0.4 is 9.62 Å². The molecule has 0 aromatic heterocycles. The van der Waals surface area contributed by atoms with Crippen LogP contribution >= 0.6 is 0 Å². The van der Waals surface area contributed by atoms with E-state index in [2.05, 4.69) is 5.32 Å². The third-order valence-corrected chi connectivity index (χ3v) is 9.17. The van der Waals surface area contributed by atoms with Gasteiger partial charge in [-0.25, -0.2) is 13.2 Å². The summed E-state index contributed by atoms with van der Waals surface area (Å²) in [5.41, 5.74) is 4.70. The maximum atomic E-state index is 13.6.